The van der Waals surface area contributed by atoms with Crippen LogP contribution in [0.5, 0.6) is 0 Å². The molecule has 0 fully saturated rings. The minimum atomic E-state index is -0.250. The van der Waals surface area contributed by atoms with Gasteiger partial charge in [-0.1, -0.05) is 36.4 Å². The molecular formula is C18H16N6O2. The molecule has 0 saturated carbocycles. The maximum Gasteiger partial charge on any atom is 0.350 e. The number of hydrogen-bond acceptors (Lipinski definition) is 4. The summed E-state index contributed by atoms with van der Waals surface area (Å²) in [5.74, 6) is 0. The molecule has 0 aliphatic carbocycles. The minimum absolute atomic E-state index is 0.250. The molecule has 8 nitrogen and oxygen atoms in total. The first kappa shape index (κ1) is 15.8. The monoisotopic (exact) mass is 348 g/mol. The van der Waals surface area contributed by atoms with Gasteiger partial charge in [0, 0.05) is 13.1 Å². The molecular weight excluding hydrogens is 332 g/mol. The molecule has 2 heterocycles. The van der Waals surface area contributed by atoms with Crippen molar-refractivity contribution in [3.63, 3.8) is 0 Å². The Kier molecular flexibility index (Phi) is 4.06. The molecule has 4 aromatic rings. The Morgan fingerprint density at radius 2 is 1.00 bits per heavy atom. The van der Waals surface area contributed by atoms with Gasteiger partial charge in [0.15, 0.2) is 0 Å². The van der Waals surface area contributed by atoms with E-state index >= 15 is 0 Å². The highest BCUT2D eigenvalue weighted by atomic mass is 16.2. The normalized spacial score (nSPS) is 10.9. The summed E-state index contributed by atoms with van der Waals surface area (Å²) in [5, 5.41) is 8.26. The van der Waals surface area contributed by atoms with Crippen LogP contribution < -0.4 is 11.4 Å². The third kappa shape index (κ3) is 2.88. The van der Waals surface area contributed by atoms with Crippen molar-refractivity contribution >= 4 is 0 Å². The summed E-state index contributed by atoms with van der Waals surface area (Å²) in [6, 6.07) is 18.4. The van der Waals surface area contributed by atoms with E-state index in [0.717, 1.165) is 0 Å². The van der Waals surface area contributed by atoms with Gasteiger partial charge >= 0.3 is 11.4 Å². The lowest BCUT2D eigenvalue weighted by molar-refractivity contribution is 0.548. The number of aromatic nitrogens is 6. The van der Waals surface area contributed by atoms with Gasteiger partial charge in [-0.3, -0.25) is 9.13 Å². The summed E-state index contributed by atoms with van der Waals surface area (Å²) in [5.41, 5.74) is 0.898. The Morgan fingerprint density at radius 3 is 1.38 bits per heavy atom. The molecule has 0 aliphatic rings. The van der Waals surface area contributed by atoms with Crippen LogP contribution in [0.25, 0.3) is 11.4 Å². The quantitative estimate of drug-likeness (QED) is 0.541. The van der Waals surface area contributed by atoms with Gasteiger partial charge in [0.05, 0.1) is 11.4 Å². The zero-order valence-corrected chi connectivity index (χ0v) is 13.8. The van der Waals surface area contributed by atoms with Crippen molar-refractivity contribution in [3.8, 4) is 11.4 Å². The third-order valence-electron chi connectivity index (χ3n) is 4.05. The van der Waals surface area contributed by atoms with E-state index in [1.165, 1.54) is 31.2 Å². The van der Waals surface area contributed by atoms with Crippen LogP contribution in [0.4, 0.5) is 0 Å². The van der Waals surface area contributed by atoms with Crippen molar-refractivity contribution in [3.05, 3.63) is 94.3 Å². The average molecular weight is 348 g/mol. The van der Waals surface area contributed by atoms with Crippen molar-refractivity contribution < 1.29 is 0 Å². The zero-order chi connectivity index (χ0) is 17.9. The highest BCUT2D eigenvalue weighted by Crippen LogP contribution is 2.02. The van der Waals surface area contributed by atoms with E-state index in [9.17, 15) is 9.59 Å². The van der Waals surface area contributed by atoms with Gasteiger partial charge in [0.1, 0.15) is 12.7 Å². The van der Waals surface area contributed by atoms with E-state index in [0.29, 0.717) is 24.5 Å². The van der Waals surface area contributed by atoms with E-state index in [4.69, 9.17) is 0 Å². The van der Waals surface area contributed by atoms with Crippen molar-refractivity contribution in [2.45, 2.75) is 13.1 Å². The van der Waals surface area contributed by atoms with E-state index in [2.05, 4.69) is 10.2 Å². The SMILES string of the molecule is O=c1n(CCn2cnn(-c3ccccc3)c2=O)cnn1-c1ccccc1. The van der Waals surface area contributed by atoms with E-state index in [1.54, 1.807) is 0 Å². The summed E-state index contributed by atoms with van der Waals surface area (Å²) in [6.45, 7) is 0.651. The van der Waals surface area contributed by atoms with Crippen molar-refractivity contribution in [2.75, 3.05) is 0 Å². The number of hydrogen-bond donors (Lipinski definition) is 0. The van der Waals surface area contributed by atoms with Crippen LogP contribution in [0.2, 0.25) is 0 Å². The maximum absolute atomic E-state index is 12.5. The highest BCUT2D eigenvalue weighted by molar-refractivity contribution is 5.29. The molecule has 2 aromatic carbocycles. The molecule has 0 spiro atoms. The molecule has 2 aromatic heterocycles. The molecule has 0 radical (unpaired) electrons. The van der Waals surface area contributed by atoms with E-state index in [-0.39, 0.29) is 11.4 Å². The second-order valence-corrected chi connectivity index (χ2v) is 5.71. The fourth-order valence-corrected chi connectivity index (χ4v) is 2.68. The van der Waals surface area contributed by atoms with Gasteiger partial charge < -0.3 is 0 Å². The molecule has 0 aliphatic heterocycles. The van der Waals surface area contributed by atoms with Crippen LogP contribution in [-0.2, 0) is 13.1 Å². The third-order valence-corrected chi connectivity index (χ3v) is 4.05. The number of rotatable bonds is 5. The second kappa shape index (κ2) is 6.67. The maximum atomic E-state index is 12.5. The van der Waals surface area contributed by atoms with Gasteiger partial charge in [0.25, 0.3) is 0 Å². The lowest BCUT2D eigenvalue weighted by atomic mass is 10.3. The standard InChI is InChI=1S/C18H16N6O2/c25-17-21(13-19-23(17)15-7-3-1-4-8-15)11-12-22-14-20-24(18(22)26)16-9-5-2-6-10-16/h1-10,13-14H,11-12H2. The highest BCUT2D eigenvalue weighted by Gasteiger charge is 2.09. The predicted octanol–water partition coefficient (Wildman–Crippen LogP) is 1.08. The van der Waals surface area contributed by atoms with Gasteiger partial charge in [-0.25, -0.2) is 9.59 Å². The Bertz CT molecular complexity index is 1030. The fourth-order valence-electron chi connectivity index (χ4n) is 2.68. The number of para-hydroxylation sites is 2. The summed E-state index contributed by atoms with van der Waals surface area (Å²) < 4.78 is 5.60. The van der Waals surface area contributed by atoms with Crippen LogP contribution in [0, 0.1) is 0 Å². The Balaban J connectivity index is 1.54. The fraction of sp³-hybridized carbons (Fsp3) is 0.111. The minimum Gasteiger partial charge on any atom is -0.279 e. The Hall–Kier alpha value is -3.68. The summed E-state index contributed by atoms with van der Waals surface area (Å²) in [6.07, 6.45) is 2.95. The Morgan fingerprint density at radius 1 is 0.615 bits per heavy atom. The van der Waals surface area contributed by atoms with Crippen LogP contribution in [0.1, 0.15) is 0 Å². The summed E-state index contributed by atoms with van der Waals surface area (Å²) in [4.78, 5) is 24.9. The van der Waals surface area contributed by atoms with Crippen LogP contribution >= 0.6 is 0 Å². The molecule has 8 heteroatoms. The predicted molar refractivity (Wildman–Crippen MR) is 95.6 cm³/mol. The lowest BCUT2D eigenvalue weighted by Crippen LogP contribution is -2.28. The molecule has 0 unspecified atom stereocenters. The topological polar surface area (TPSA) is 79.6 Å². The molecule has 0 atom stereocenters. The van der Waals surface area contributed by atoms with Gasteiger partial charge in [-0.2, -0.15) is 19.6 Å². The second-order valence-electron chi connectivity index (χ2n) is 5.71. The number of aryl methyl sites for hydroxylation is 2. The van der Waals surface area contributed by atoms with Gasteiger partial charge in [-0.05, 0) is 24.3 Å². The summed E-state index contributed by atoms with van der Waals surface area (Å²) >= 11 is 0. The van der Waals surface area contributed by atoms with Crippen molar-refractivity contribution in [1.29, 1.82) is 0 Å². The van der Waals surface area contributed by atoms with Crippen LogP contribution in [-0.4, -0.2) is 28.7 Å². The first-order valence-corrected chi connectivity index (χ1v) is 8.14. The largest absolute Gasteiger partial charge is 0.350 e. The molecule has 26 heavy (non-hydrogen) atoms. The van der Waals surface area contributed by atoms with Gasteiger partial charge in [0.2, 0.25) is 0 Å². The van der Waals surface area contributed by atoms with Crippen LogP contribution in [0.3, 0.4) is 0 Å². The Labute approximate surface area is 148 Å². The van der Waals surface area contributed by atoms with Gasteiger partial charge in [-0.15, -0.1) is 0 Å². The summed E-state index contributed by atoms with van der Waals surface area (Å²) in [7, 11) is 0. The average Bonchev–Trinajstić information content (AvgIpc) is 3.24. The first-order valence-electron chi connectivity index (χ1n) is 8.14. The molecule has 4 rings (SSSR count). The van der Waals surface area contributed by atoms with E-state index in [1.807, 2.05) is 60.7 Å². The van der Waals surface area contributed by atoms with Crippen molar-refractivity contribution in [2.24, 2.45) is 0 Å². The molecule has 0 amide bonds. The lowest BCUT2D eigenvalue weighted by Gasteiger charge is -2.02. The molecule has 0 saturated heterocycles. The smallest absolute Gasteiger partial charge is 0.279 e. The van der Waals surface area contributed by atoms with E-state index < -0.39 is 0 Å². The molecule has 0 N–H and O–H groups in total. The number of nitrogens with zero attached hydrogens (tertiary/aromatic N) is 6. The zero-order valence-electron chi connectivity index (χ0n) is 13.8. The number of benzene rings is 2. The molecule has 0 bridgehead atoms. The molecule has 130 valence electrons. The van der Waals surface area contributed by atoms with Crippen molar-refractivity contribution in [1.82, 2.24) is 28.7 Å². The first-order chi connectivity index (χ1) is 12.7. The van der Waals surface area contributed by atoms with Crippen LogP contribution in [0.15, 0.2) is 82.9 Å².